The molecule has 0 spiro atoms. The molecule has 1 saturated carbocycles. The minimum atomic E-state index is -0.331. The summed E-state index contributed by atoms with van der Waals surface area (Å²) >= 11 is 0. The van der Waals surface area contributed by atoms with Gasteiger partial charge in [0.2, 0.25) is 5.91 Å². The topological polar surface area (TPSA) is 41.6 Å². The van der Waals surface area contributed by atoms with E-state index in [1.807, 2.05) is 18.2 Å². The number of carbonyl (C=O) groups is 1. The second kappa shape index (κ2) is 8.62. The number of nitrogens with one attached hydrogen (secondary N) is 1. The number of hydrogen-bond acceptors (Lipinski definition) is 3. The molecule has 25 heavy (non-hydrogen) atoms. The van der Waals surface area contributed by atoms with Gasteiger partial charge in [0, 0.05) is 18.7 Å². The molecule has 1 N–H and O–H groups in total. The van der Waals surface area contributed by atoms with Gasteiger partial charge in [-0.3, -0.25) is 9.69 Å². The normalized spacial score (nSPS) is 13.7. The number of amides is 1. The van der Waals surface area contributed by atoms with Gasteiger partial charge in [-0.1, -0.05) is 36.4 Å². The number of ether oxygens (including phenoxy) is 1. The van der Waals surface area contributed by atoms with E-state index in [0.29, 0.717) is 31.5 Å². The van der Waals surface area contributed by atoms with E-state index in [4.69, 9.17) is 4.74 Å². The van der Waals surface area contributed by atoms with E-state index in [9.17, 15) is 9.18 Å². The van der Waals surface area contributed by atoms with E-state index in [-0.39, 0.29) is 11.7 Å². The fourth-order valence-electron chi connectivity index (χ4n) is 2.73. The predicted octanol–water partition coefficient (Wildman–Crippen LogP) is 2.99. The summed E-state index contributed by atoms with van der Waals surface area (Å²) in [5.41, 5.74) is 1.22. The summed E-state index contributed by atoms with van der Waals surface area (Å²) in [5.74, 6) is 0.131. The number of benzene rings is 2. The van der Waals surface area contributed by atoms with Crippen LogP contribution in [0.5, 0.6) is 5.75 Å². The van der Waals surface area contributed by atoms with Crippen LogP contribution in [0, 0.1) is 5.82 Å². The highest BCUT2D eigenvalue weighted by atomic mass is 19.1. The summed E-state index contributed by atoms with van der Waals surface area (Å²) in [7, 11) is 0. The highest BCUT2D eigenvalue weighted by molar-refractivity contribution is 5.78. The minimum Gasteiger partial charge on any atom is -0.492 e. The standard InChI is InChI=1S/C20H23FN2O2/c21-17-7-4-8-19(13-17)25-12-11-22-20(24)15-23(18-9-10-18)14-16-5-2-1-3-6-16/h1-8,13,18H,9-12,14-15H2,(H,22,24). The van der Waals surface area contributed by atoms with Gasteiger partial charge in [-0.25, -0.2) is 4.39 Å². The molecule has 0 aromatic heterocycles. The second-order valence-electron chi connectivity index (χ2n) is 6.28. The molecule has 1 amide bonds. The number of hydrogen-bond donors (Lipinski definition) is 1. The van der Waals surface area contributed by atoms with Gasteiger partial charge in [-0.05, 0) is 30.5 Å². The van der Waals surface area contributed by atoms with Crippen LogP contribution in [0.15, 0.2) is 54.6 Å². The van der Waals surface area contributed by atoms with Gasteiger partial charge in [-0.15, -0.1) is 0 Å². The van der Waals surface area contributed by atoms with Gasteiger partial charge in [-0.2, -0.15) is 0 Å². The Morgan fingerprint density at radius 2 is 1.96 bits per heavy atom. The summed E-state index contributed by atoms with van der Waals surface area (Å²) in [5, 5.41) is 2.87. The molecule has 3 rings (SSSR count). The maximum Gasteiger partial charge on any atom is 0.234 e. The monoisotopic (exact) mass is 342 g/mol. The van der Waals surface area contributed by atoms with Crippen LogP contribution in [0.25, 0.3) is 0 Å². The van der Waals surface area contributed by atoms with Crippen molar-refractivity contribution >= 4 is 5.91 Å². The van der Waals surface area contributed by atoms with Crippen LogP contribution in [0.3, 0.4) is 0 Å². The van der Waals surface area contributed by atoms with Crippen LogP contribution in [-0.2, 0) is 11.3 Å². The largest absolute Gasteiger partial charge is 0.492 e. The highest BCUT2D eigenvalue weighted by Gasteiger charge is 2.30. The van der Waals surface area contributed by atoms with E-state index in [2.05, 4.69) is 22.3 Å². The maximum absolute atomic E-state index is 13.1. The molecule has 5 heteroatoms. The lowest BCUT2D eigenvalue weighted by molar-refractivity contribution is -0.122. The molecule has 1 aliphatic rings. The number of halogens is 1. The molecule has 1 fully saturated rings. The zero-order valence-corrected chi connectivity index (χ0v) is 14.2. The third-order valence-corrected chi connectivity index (χ3v) is 4.13. The van der Waals surface area contributed by atoms with Gasteiger partial charge in [0.15, 0.2) is 0 Å². The number of carbonyl (C=O) groups excluding carboxylic acids is 1. The Morgan fingerprint density at radius 3 is 2.68 bits per heavy atom. The van der Waals surface area contributed by atoms with Gasteiger partial charge in [0.1, 0.15) is 18.2 Å². The minimum absolute atomic E-state index is 0.00864. The summed E-state index contributed by atoms with van der Waals surface area (Å²) in [6, 6.07) is 16.7. The Hall–Kier alpha value is -2.40. The summed E-state index contributed by atoms with van der Waals surface area (Å²) in [4.78, 5) is 14.4. The van der Waals surface area contributed by atoms with E-state index < -0.39 is 0 Å². The van der Waals surface area contributed by atoms with Crippen LogP contribution < -0.4 is 10.1 Å². The van der Waals surface area contributed by atoms with Crippen LogP contribution in [0.1, 0.15) is 18.4 Å². The van der Waals surface area contributed by atoms with Gasteiger partial charge in [0.25, 0.3) is 0 Å². The first-order valence-corrected chi connectivity index (χ1v) is 8.64. The van der Waals surface area contributed by atoms with Gasteiger partial charge < -0.3 is 10.1 Å². The third kappa shape index (κ3) is 5.87. The molecule has 2 aromatic rings. The molecule has 0 radical (unpaired) electrons. The third-order valence-electron chi connectivity index (χ3n) is 4.13. The van der Waals surface area contributed by atoms with Gasteiger partial charge >= 0.3 is 0 Å². The highest BCUT2D eigenvalue weighted by Crippen LogP contribution is 2.27. The quantitative estimate of drug-likeness (QED) is 0.713. The summed E-state index contributed by atoms with van der Waals surface area (Å²) in [6.07, 6.45) is 2.31. The molecule has 4 nitrogen and oxygen atoms in total. The van der Waals surface area contributed by atoms with E-state index in [1.165, 1.54) is 17.7 Å². The first kappa shape index (κ1) is 17.4. The molecule has 1 aliphatic carbocycles. The average Bonchev–Trinajstić information content (AvgIpc) is 3.44. The van der Waals surface area contributed by atoms with Crippen LogP contribution in [-0.4, -0.2) is 36.5 Å². The Kier molecular flexibility index (Phi) is 6.01. The molecular formula is C20H23FN2O2. The molecule has 0 aliphatic heterocycles. The zero-order valence-electron chi connectivity index (χ0n) is 14.2. The summed E-state index contributed by atoms with van der Waals surface area (Å²) < 4.78 is 18.5. The van der Waals surface area contributed by atoms with Crippen LogP contribution >= 0.6 is 0 Å². The molecule has 2 aromatic carbocycles. The molecule has 0 atom stereocenters. The first-order chi connectivity index (χ1) is 12.2. The van der Waals surface area contributed by atoms with Gasteiger partial charge in [0.05, 0.1) is 13.1 Å². The fraction of sp³-hybridized carbons (Fsp3) is 0.350. The summed E-state index contributed by atoms with van der Waals surface area (Å²) in [6.45, 7) is 1.90. The van der Waals surface area contributed by atoms with Crippen molar-refractivity contribution in [3.8, 4) is 5.75 Å². The first-order valence-electron chi connectivity index (χ1n) is 8.64. The lowest BCUT2D eigenvalue weighted by Crippen LogP contribution is -2.39. The van der Waals surface area contributed by atoms with Crippen molar-refractivity contribution in [2.45, 2.75) is 25.4 Å². The lowest BCUT2D eigenvalue weighted by Gasteiger charge is -2.21. The van der Waals surface area contributed by atoms with Crippen LogP contribution in [0.2, 0.25) is 0 Å². The predicted molar refractivity (Wildman–Crippen MR) is 94.8 cm³/mol. The van der Waals surface area contributed by atoms with Crippen molar-refractivity contribution < 1.29 is 13.9 Å². The SMILES string of the molecule is O=C(CN(Cc1ccccc1)C1CC1)NCCOc1cccc(F)c1. The number of nitrogens with zero attached hydrogens (tertiary/aromatic N) is 1. The molecule has 0 heterocycles. The van der Waals surface area contributed by atoms with Crippen molar-refractivity contribution in [3.05, 3.63) is 66.0 Å². The maximum atomic E-state index is 13.1. The molecular weight excluding hydrogens is 319 g/mol. The average molecular weight is 342 g/mol. The van der Waals surface area contributed by atoms with E-state index in [1.54, 1.807) is 12.1 Å². The number of rotatable bonds is 9. The van der Waals surface area contributed by atoms with Crippen molar-refractivity contribution in [1.82, 2.24) is 10.2 Å². The van der Waals surface area contributed by atoms with Crippen molar-refractivity contribution in [1.29, 1.82) is 0 Å². The zero-order chi connectivity index (χ0) is 17.5. The Labute approximate surface area is 147 Å². The van der Waals surface area contributed by atoms with Crippen molar-refractivity contribution in [2.24, 2.45) is 0 Å². The molecule has 0 bridgehead atoms. The molecule has 132 valence electrons. The Bertz CT molecular complexity index is 689. The second-order valence-corrected chi connectivity index (χ2v) is 6.28. The molecule has 0 saturated heterocycles. The Morgan fingerprint density at radius 1 is 1.16 bits per heavy atom. The van der Waals surface area contributed by atoms with E-state index >= 15 is 0 Å². The van der Waals surface area contributed by atoms with Crippen LogP contribution in [0.4, 0.5) is 4.39 Å². The lowest BCUT2D eigenvalue weighted by atomic mass is 10.2. The molecule has 0 unspecified atom stereocenters. The fourth-order valence-corrected chi connectivity index (χ4v) is 2.73. The van der Waals surface area contributed by atoms with Crippen molar-refractivity contribution in [2.75, 3.05) is 19.7 Å². The smallest absolute Gasteiger partial charge is 0.234 e. The Balaban J connectivity index is 1.40. The van der Waals surface area contributed by atoms with Crippen molar-refractivity contribution in [3.63, 3.8) is 0 Å². The van der Waals surface area contributed by atoms with E-state index in [0.717, 1.165) is 19.4 Å².